The minimum absolute atomic E-state index is 0.0479. The Morgan fingerprint density at radius 3 is 1.89 bits per heavy atom. The van der Waals surface area contributed by atoms with E-state index in [-0.39, 0.29) is 24.8 Å². The van der Waals surface area contributed by atoms with Gasteiger partial charge in [-0.3, -0.25) is 9.59 Å². The second-order valence-corrected chi connectivity index (χ2v) is 11.3. The zero-order valence-corrected chi connectivity index (χ0v) is 23.3. The minimum Gasteiger partial charge on any atom is -0.350 e. The smallest absolute Gasteiger partial charge is 0.243 e. The summed E-state index contributed by atoms with van der Waals surface area (Å²) in [5, 5.41) is 4.61. The van der Waals surface area contributed by atoms with Crippen molar-refractivity contribution in [2.24, 2.45) is 0 Å². The highest BCUT2D eigenvalue weighted by molar-refractivity contribution is 6.42. The Kier molecular flexibility index (Phi) is 9.71. The lowest BCUT2D eigenvalue weighted by molar-refractivity contribution is -0.141. The van der Waals surface area contributed by atoms with Crippen LogP contribution in [0.3, 0.4) is 0 Å². The minimum atomic E-state index is -0.767. The molecule has 3 aromatic carbocycles. The van der Waals surface area contributed by atoms with Crippen molar-refractivity contribution in [1.29, 1.82) is 0 Å². The maximum atomic E-state index is 13.8. The van der Waals surface area contributed by atoms with Crippen LogP contribution in [0, 0.1) is 0 Å². The zero-order chi connectivity index (χ0) is 26.5. The fourth-order valence-corrected chi connectivity index (χ4v) is 4.41. The van der Waals surface area contributed by atoms with Crippen LogP contribution in [0.25, 0.3) is 0 Å². The third-order valence-electron chi connectivity index (χ3n) is 5.45. The summed E-state index contributed by atoms with van der Waals surface area (Å²) in [4.78, 5) is 29.0. The third kappa shape index (κ3) is 8.14. The van der Waals surface area contributed by atoms with Crippen LogP contribution >= 0.6 is 46.4 Å². The van der Waals surface area contributed by atoms with E-state index in [0.29, 0.717) is 32.1 Å². The molecular formula is C28H28Cl4N2O2. The Morgan fingerprint density at radius 2 is 1.33 bits per heavy atom. The predicted molar refractivity (Wildman–Crippen MR) is 149 cm³/mol. The molecule has 0 aromatic heterocycles. The van der Waals surface area contributed by atoms with E-state index in [2.05, 4.69) is 5.32 Å². The first-order chi connectivity index (χ1) is 16.9. The van der Waals surface area contributed by atoms with E-state index in [0.717, 1.165) is 11.1 Å². The van der Waals surface area contributed by atoms with Crippen LogP contribution in [-0.2, 0) is 29.0 Å². The zero-order valence-electron chi connectivity index (χ0n) is 20.3. The molecule has 2 amide bonds. The number of nitrogens with one attached hydrogen (secondary N) is 1. The van der Waals surface area contributed by atoms with Crippen molar-refractivity contribution in [3.63, 3.8) is 0 Å². The summed E-state index contributed by atoms with van der Waals surface area (Å²) in [6.45, 7) is 5.90. The number of nitrogens with zero attached hydrogens (tertiary/aromatic N) is 1. The van der Waals surface area contributed by atoms with E-state index < -0.39 is 11.6 Å². The largest absolute Gasteiger partial charge is 0.350 e. The van der Waals surface area contributed by atoms with Crippen LogP contribution in [0.5, 0.6) is 0 Å². The third-order valence-corrected chi connectivity index (χ3v) is 6.92. The van der Waals surface area contributed by atoms with Crippen LogP contribution in [0.4, 0.5) is 0 Å². The summed E-state index contributed by atoms with van der Waals surface area (Å²) in [6.07, 6.45) is 0.392. The molecule has 3 aromatic rings. The second kappa shape index (κ2) is 12.3. The van der Waals surface area contributed by atoms with Crippen LogP contribution < -0.4 is 5.32 Å². The first kappa shape index (κ1) is 28.3. The van der Waals surface area contributed by atoms with Crippen LogP contribution in [0.1, 0.15) is 37.5 Å². The average molecular weight is 566 g/mol. The SMILES string of the molecule is CC(C)(C)NC(=O)[C@H](Cc1ccccc1)N(Cc1ccc(Cl)c(Cl)c1)C(=O)Cc1ccc(Cl)c(Cl)c1. The van der Waals surface area contributed by atoms with Gasteiger partial charge >= 0.3 is 0 Å². The van der Waals surface area contributed by atoms with E-state index >= 15 is 0 Å². The van der Waals surface area contributed by atoms with E-state index in [1.54, 1.807) is 41.3 Å². The molecule has 1 atom stereocenters. The average Bonchev–Trinajstić information content (AvgIpc) is 2.80. The molecule has 0 spiro atoms. The molecule has 0 bridgehead atoms. The van der Waals surface area contributed by atoms with Gasteiger partial charge in [-0.2, -0.15) is 0 Å². The molecule has 0 saturated heterocycles. The molecule has 0 fully saturated rings. The van der Waals surface area contributed by atoms with Gasteiger partial charge in [-0.25, -0.2) is 0 Å². The highest BCUT2D eigenvalue weighted by atomic mass is 35.5. The number of halogens is 4. The number of carbonyl (C=O) groups excluding carboxylic acids is 2. The topological polar surface area (TPSA) is 49.4 Å². The molecular weight excluding hydrogens is 538 g/mol. The lowest BCUT2D eigenvalue weighted by Gasteiger charge is -2.34. The van der Waals surface area contributed by atoms with Gasteiger partial charge in [-0.15, -0.1) is 0 Å². The number of benzene rings is 3. The number of carbonyl (C=O) groups is 2. The van der Waals surface area contributed by atoms with Gasteiger partial charge in [0.05, 0.1) is 26.5 Å². The Labute approximate surface area is 232 Å². The summed E-state index contributed by atoms with van der Waals surface area (Å²) in [5.74, 6) is -0.474. The monoisotopic (exact) mass is 564 g/mol. The van der Waals surface area contributed by atoms with Crippen molar-refractivity contribution in [3.8, 4) is 0 Å². The van der Waals surface area contributed by atoms with Crippen LogP contribution in [0.2, 0.25) is 20.1 Å². The summed E-state index contributed by atoms with van der Waals surface area (Å²) in [5.41, 5.74) is 1.92. The van der Waals surface area contributed by atoms with Crippen molar-refractivity contribution in [2.45, 2.75) is 51.7 Å². The van der Waals surface area contributed by atoms with Gasteiger partial charge < -0.3 is 10.2 Å². The standard InChI is InChI=1S/C28H28Cl4N2O2/c1-28(2,3)33-27(36)25(15-18-7-5-4-6-8-18)34(17-20-10-12-22(30)24(32)14-20)26(35)16-19-9-11-21(29)23(31)13-19/h4-14,25H,15-17H2,1-3H3,(H,33,36)/t25-/m0/s1. The van der Waals surface area contributed by atoms with Crippen molar-refractivity contribution in [3.05, 3.63) is 104 Å². The summed E-state index contributed by atoms with van der Waals surface area (Å²) in [6, 6.07) is 19.1. The molecule has 3 rings (SSSR count). The lowest BCUT2D eigenvalue weighted by atomic mass is 10.00. The molecule has 0 aliphatic rings. The first-order valence-corrected chi connectivity index (χ1v) is 13.0. The van der Waals surface area contributed by atoms with E-state index in [9.17, 15) is 9.59 Å². The molecule has 36 heavy (non-hydrogen) atoms. The maximum absolute atomic E-state index is 13.8. The number of hydrogen-bond acceptors (Lipinski definition) is 2. The van der Waals surface area contributed by atoms with E-state index in [1.807, 2.05) is 51.1 Å². The molecule has 0 unspecified atom stereocenters. The fraction of sp³-hybridized carbons (Fsp3) is 0.286. The van der Waals surface area contributed by atoms with Gasteiger partial charge in [0, 0.05) is 18.5 Å². The summed E-state index contributed by atoms with van der Waals surface area (Å²) >= 11 is 24.6. The molecule has 4 nitrogen and oxygen atoms in total. The van der Waals surface area contributed by atoms with Gasteiger partial charge in [-0.1, -0.05) is 88.9 Å². The van der Waals surface area contributed by atoms with Gasteiger partial charge in [0.25, 0.3) is 0 Å². The molecule has 8 heteroatoms. The molecule has 0 aliphatic heterocycles. The fourth-order valence-electron chi connectivity index (χ4n) is 3.77. The quantitative estimate of drug-likeness (QED) is 0.309. The Balaban J connectivity index is 2.02. The Morgan fingerprint density at radius 1 is 0.778 bits per heavy atom. The first-order valence-electron chi connectivity index (χ1n) is 11.5. The van der Waals surface area contributed by atoms with E-state index in [1.165, 1.54) is 0 Å². The van der Waals surface area contributed by atoms with Crippen molar-refractivity contribution < 1.29 is 9.59 Å². The second-order valence-electron chi connectivity index (χ2n) is 9.64. The lowest BCUT2D eigenvalue weighted by Crippen LogP contribution is -2.54. The number of rotatable bonds is 8. The van der Waals surface area contributed by atoms with E-state index in [4.69, 9.17) is 46.4 Å². The predicted octanol–water partition coefficient (Wildman–Crippen LogP) is 7.40. The molecule has 190 valence electrons. The Hall–Kier alpha value is -2.24. The van der Waals surface area contributed by atoms with Crippen LogP contribution in [0.15, 0.2) is 66.7 Å². The van der Waals surface area contributed by atoms with Crippen molar-refractivity contribution >= 4 is 58.2 Å². The van der Waals surface area contributed by atoms with Crippen molar-refractivity contribution in [2.75, 3.05) is 0 Å². The molecule has 0 radical (unpaired) electrons. The normalized spacial score (nSPS) is 12.2. The number of hydrogen-bond donors (Lipinski definition) is 1. The Bertz CT molecular complexity index is 1230. The van der Waals surface area contributed by atoms with Gasteiger partial charge in [-0.05, 0) is 61.7 Å². The molecule has 0 aliphatic carbocycles. The molecule has 1 N–H and O–H groups in total. The van der Waals surface area contributed by atoms with Crippen molar-refractivity contribution in [1.82, 2.24) is 10.2 Å². The van der Waals surface area contributed by atoms with Gasteiger partial charge in [0.1, 0.15) is 6.04 Å². The van der Waals surface area contributed by atoms with Gasteiger partial charge in [0.2, 0.25) is 11.8 Å². The summed E-state index contributed by atoms with van der Waals surface area (Å²) < 4.78 is 0. The highest BCUT2D eigenvalue weighted by Gasteiger charge is 2.32. The summed E-state index contributed by atoms with van der Waals surface area (Å²) in [7, 11) is 0. The number of amides is 2. The highest BCUT2D eigenvalue weighted by Crippen LogP contribution is 2.26. The molecule has 0 heterocycles. The van der Waals surface area contributed by atoms with Crippen LogP contribution in [-0.4, -0.2) is 28.3 Å². The van der Waals surface area contributed by atoms with Gasteiger partial charge in [0.15, 0.2) is 0 Å². The maximum Gasteiger partial charge on any atom is 0.243 e. The molecule has 0 saturated carbocycles.